The molecule has 7 rings (SSSR count). The first-order chi connectivity index (χ1) is 19.0. The lowest BCUT2D eigenvalue weighted by Crippen LogP contribution is -2.57. The summed E-state index contributed by atoms with van der Waals surface area (Å²) in [4.78, 5) is 46.0. The van der Waals surface area contributed by atoms with Crippen molar-refractivity contribution in [2.75, 3.05) is 13.1 Å². The van der Waals surface area contributed by atoms with E-state index in [9.17, 15) is 14.4 Å². The van der Waals surface area contributed by atoms with E-state index in [0.717, 1.165) is 49.2 Å². The van der Waals surface area contributed by atoms with Crippen LogP contribution < -0.4 is 10.1 Å². The number of pyridine rings is 1. The van der Waals surface area contributed by atoms with Crippen molar-refractivity contribution in [1.29, 1.82) is 0 Å². The van der Waals surface area contributed by atoms with E-state index in [1.165, 1.54) is 17.5 Å². The van der Waals surface area contributed by atoms with Gasteiger partial charge in [-0.15, -0.1) is 0 Å². The molecule has 39 heavy (non-hydrogen) atoms. The fourth-order valence-electron chi connectivity index (χ4n) is 6.71. The van der Waals surface area contributed by atoms with Crippen LogP contribution in [-0.2, 0) is 16.1 Å². The van der Waals surface area contributed by atoms with Crippen LogP contribution >= 0.6 is 0 Å². The van der Waals surface area contributed by atoms with E-state index in [2.05, 4.69) is 34.5 Å². The Balaban J connectivity index is 1.02. The number of hydrogen-bond donors (Lipinski definition) is 1. The van der Waals surface area contributed by atoms with Gasteiger partial charge in [0.1, 0.15) is 17.9 Å². The molecule has 8 nitrogen and oxygen atoms in total. The van der Waals surface area contributed by atoms with Crippen LogP contribution in [0.3, 0.4) is 0 Å². The first-order valence-corrected chi connectivity index (χ1v) is 14.1. The average molecular weight is 525 g/mol. The number of piperidine rings is 1. The highest BCUT2D eigenvalue weighted by atomic mass is 16.5. The predicted octanol–water partition coefficient (Wildman–Crippen LogP) is 3.79. The van der Waals surface area contributed by atoms with Crippen LogP contribution in [0, 0.1) is 0 Å². The summed E-state index contributed by atoms with van der Waals surface area (Å²) in [5.41, 5.74) is 3.71. The van der Waals surface area contributed by atoms with Crippen LogP contribution in [0.25, 0.3) is 10.9 Å². The first kappa shape index (κ1) is 24.3. The number of carbonyl (C=O) groups is 3. The number of carbonyl (C=O) groups excluding carboxylic acids is 3. The Morgan fingerprint density at radius 2 is 1.77 bits per heavy atom. The predicted molar refractivity (Wildman–Crippen MR) is 145 cm³/mol. The molecule has 0 spiro atoms. The maximum absolute atomic E-state index is 13.0. The molecule has 3 atom stereocenters. The fourth-order valence-corrected chi connectivity index (χ4v) is 6.71. The molecule has 1 unspecified atom stereocenters. The molecule has 200 valence electrons. The Morgan fingerprint density at radius 3 is 2.64 bits per heavy atom. The number of nitrogens with zero attached hydrogens (tertiary/aromatic N) is 3. The molecule has 2 saturated heterocycles. The van der Waals surface area contributed by atoms with Gasteiger partial charge in [-0.05, 0) is 61.6 Å². The zero-order valence-electron chi connectivity index (χ0n) is 21.8. The number of ether oxygens (including phenoxy) is 1. The van der Waals surface area contributed by atoms with Crippen LogP contribution in [0.4, 0.5) is 0 Å². The molecule has 4 aliphatic rings. The number of amides is 3. The third-order valence-corrected chi connectivity index (χ3v) is 8.87. The van der Waals surface area contributed by atoms with Gasteiger partial charge in [-0.25, -0.2) is 0 Å². The number of benzene rings is 2. The summed E-state index contributed by atoms with van der Waals surface area (Å²) in [6.45, 7) is 2.35. The van der Waals surface area contributed by atoms with E-state index in [1.54, 1.807) is 4.90 Å². The smallest absolute Gasteiger partial charge is 0.255 e. The van der Waals surface area contributed by atoms with Crippen LogP contribution in [-0.4, -0.2) is 63.8 Å². The van der Waals surface area contributed by atoms with Gasteiger partial charge >= 0.3 is 0 Å². The van der Waals surface area contributed by atoms with Gasteiger partial charge in [0.05, 0.1) is 5.52 Å². The molecule has 0 radical (unpaired) electrons. The van der Waals surface area contributed by atoms with E-state index < -0.39 is 6.04 Å². The van der Waals surface area contributed by atoms with Crippen molar-refractivity contribution in [3.63, 3.8) is 0 Å². The molecule has 8 heteroatoms. The lowest BCUT2D eigenvalue weighted by atomic mass is 9.85. The minimum atomic E-state index is -0.605. The Hall–Kier alpha value is -3.78. The van der Waals surface area contributed by atoms with Crippen molar-refractivity contribution in [1.82, 2.24) is 20.1 Å². The number of rotatable bonds is 5. The number of imide groups is 1. The van der Waals surface area contributed by atoms with Crippen LogP contribution in [0.15, 0.2) is 54.6 Å². The summed E-state index contributed by atoms with van der Waals surface area (Å²) >= 11 is 0. The Labute approximate surface area is 227 Å². The molecule has 2 aromatic carbocycles. The van der Waals surface area contributed by atoms with E-state index in [4.69, 9.17) is 9.72 Å². The SMILES string of the molecule is O=C1CCC(N2Cc3cc(O[C@@H]4CCCC[C@@H]4N4CC(c5ccc6ccccc6n5)C4)ccc3C2=O)C(=O)N1. The van der Waals surface area contributed by atoms with Crippen LogP contribution in [0.5, 0.6) is 5.75 Å². The molecule has 1 N–H and O–H groups in total. The van der Waals surface area contributed by atoms with Gasteiger partial charge in [-0.2, -0.15) is 0 Å². The molecular weight excluding hydrogens is 492 g/mol. The Bertz CT molecular complexity index is 1470. The number of nitrogens with one attached hydrogen (secondary N) is 1. The Morgan fingerprint density at radius 1 is 0.923 bits per heavy atom. The fraction of sp³-hybridized carbons (Fsp3) is 0.419. The summed E-state index contributed by atoms with van der Waals surface area (Å²) in [5, 5.41) is 3.54. The monoisotopic (exact) mass is 524 g/mol. The highest BCUT2D eigenvalue weighted by Gasteiger charge is 2.41. The van der Waals surface area contributed by atoms with Crippen molar-refractivity contribution in [2.45, 2.75) is 69.2 Å². The minimum Gasteiger partial charge on any atom is -0.489 e. The summed E-state index contributed by atoms with van der Waals surface area (Å²) in [6, 6.07) is 18.0. The van der Waals surface area contributed by atoms with Crippen LogP contribution in [0.1, 0.15) is 66.1 Å². The molecule has 0 bridgehead atoms. The third-order valence-electron chi connectivity index (χ3n) is 8.87. The minimum absolute atomic E-state index is 0.102. The maximum atomic E-state index is 13.0. The van der Waals surface area contributed by atoms with Gasteiger partial charge in [0.2, 0.25) is 11.8 Å². The molecule has 3 fully saturated rings. The molecular formula is C31H32N4O4. The van der Waals surface area contributed by atoms with Gasteiger partial charge in [0.15, 0.2) is 0 Å². The topological polar surface area (TPSA) is 91.8 Å². The molecule has 4 heterocycles. The van der Waals surface area contributed by atoms with E-state index >= 15 is 0 Å². The van der Waals surface area contributed by atoms with Crippen LogP contribution in [0.2, 0.25) is 0 Å². The molecule has 1 aromatic heterocycles. The van der Waals surface area contributed by atoms with E-state index in [1.807, 2.05) is 30.3 Å². The normalized spacial score (nSPS) is 25.9. The number of hydrogen-bond acceptors (Lipinski definition) is 6. The van der Waals surface area contributed by atoms with E-state index in [-0.39, 0.29) is 30.2 Å². The van der Waals surface area contributed by atoms with Crippen molar-refractivity contribution in [3.05, 3.63) is 71.4 Å². The van der Waals surface area contributed by atoms with Crippen molar-refractivity contribution in [2.24, 2.45) is 0 Å². The highest BCUT2D eigenvalue weighted by Crippen LogP contribution is 2.36. The van der Waals surface area contributed by atoms with Gasteiger partial charge in [-0.1, -0.05) is 30.7 Å². The third kappa shape index (κ3) is 4.46. The summed E-state index contributed by atoms with van der Waals surface area (Å²) < 4.78 is 6.59. The number of likely N-dealkylation sites (tertiary alicyclic amines) is 1. The number of para-hydroxylation sites is 1. The largest absolute Gasteiger partial charge is 0.489 e. The first-order valence-electron chi connectivity index (χ1n) is 14.1. The number of fused-ring (bicyclic) bond motifs is 2. The second-order valence-electron chi connectivity index (χ2n) is 11.3. The Kier molecular flexibility index (Phi) is 6.07. The quantitative estimate of drug-likeness (QED) is 0.511. The van der Waals surface area contributed by atoms with Crippen molar-refractivity contribution in [3.8, 4) is 5.75 Å². The molecule has 1 saturated carbocycles. The van der Waals surface area contributed by atoms with Gasteiger partial charge in [-0.3, -0.25) is 29.6 Å². The summed E-state index contributed by atoms with van der Waals surface area (Å²) in [7, 11) is 0. The van der Waals surface area contributed by atoms with Crippen molar-refractivity contribution < 1.29 is 19.1 Å². The average Bonchev–Trinajstić information content (AvgIpc) is 3.24. The summed E-state index contributed by atoms with van der Waals surface area (Å²) in [5.74, 6) is 0.398. The summed E-state index contributed by atoms with van der Waals surface area (Å²) in [6.07, 6.45) is 5.21. The maximum Gasteiger partial charge on any atom is 0.255 e. The molecule has 3 aromatic rings. The molecule has 3 amide bonds. The molecule has 3 aliphatic heterocycles. The van der Waals surface area contributed by atoms with Gasteiger partial charge < -0.3 is 9.64 Å². The van der Waals surface area contributed by atoms with E-state index in [0.29, 0.717) is 30.5 Å². The lowest BCUT2D eigenvalue weighted by molar-refractivity contribution is -0.136. The van der Waals surface area contributed by atoms with Crippen molar-refractivity contribution >= 4 is 28.6 Å². The lowest BCUT2D eigenvalue weighted by Gasteiger charge is -2.48. The zero-order chi connectivity index (χ0) is 26.5. The number of aromatic nitrogens is 1. The second-order valence-corrected chi connectivity index (χ2v) is 11.3. The second kappa shape index (κ2) is 9.75. The highest BCUT2D eigenvalue weighted by molar-refractivity contribution is 6.05. The standard InChI is InChI=1S/C31H32N4O4/c36-29-14-13-27(30(37)33-29)35-18-20-15-22(10-11-23(20)31(35)38)39-28-8-4-3-7-26(28)34-16-21(17-34)25-12-9-19-5-1-2-6-24(19)32-25/h1-2,5-6,9-12,15,21,26-28H,3-4,7-8,13-14,16-18H2,(H,33,36,37)/t26-,27?,28+/m0/s1. The van der Waals surface area contributed by atoms with Gasteiger partial charge in [0, 0.05) is 54.7 Å². The van der Waals surface area contributed by atoms with Gasteiger partial charge in [0.25, 0.3) is 5.91 Å². The zero-order valence-corrected chi connectivity index (χ0v) is 21.8. The molecule has 1 aliphatic carbocycles.